The van der Waals surface area contributed by atoms with Crippen LogP contribution in [0.4, 0.5) is 0 Å². The van der Waals surface area contributed by atoms with Gasteiger partial charge in [0.05, 0.1) is 23.3 Å². The van der Waals surface area contributed by atoms with E-state index in [2.05, 4.69) is 19.8 Å². The van der Waals surface area contributed by atoms with Crippen LogP contribution in [0.3, 0.4) is 0 Å². The topological polar surface area (TPSA) is 327 Å². The van der Waals surface area contributed by atoms with Crippen LogP contribution >= 0.6 is 0 Å². The predicted octanol–water partition coefficient (Wildman–Crippen LogP) is 3.51. The van der Waals surface area contributed by atoms with Crippen LogP contribution in [0.1, 0.15) is 25.0 Å². The molecule has 0 unspecified atom stereocenters. The molecule has 0 aliphatic rings. The molecule has 0 spiro atoms. The number of para-hydroxylation sites is 2. The maximum atomic E-state index is 11.5. The third kappa shape index (κ3) is 46.4. The van der Waals surface area contributed by atoms with Crippen LogP contribution in [0.15, 0.2) is 58.5 Å². The van der Waals surface area contributed by atoms with Gasteiger partial charge in [0.25, 0.3) is 0 Å². The summed E-state index contributed by atoms with van der Waals surface area (Å²) in [6.07, 6.45) is 0. The maximum absolute atomic E-state index is 11.5. The van der Waals surface area contributed by atoms with Crippen molar-refractivity contribution in [3.63, 3.8) is 0 Å². The van der Waals surface area contributed by atoms with Gasteiger partial charge in [-0.3, -0.25) is 19.8 Å². The van der Waals surface area contributed by atoms with Gasteiger partial charge in [0.1, 0.15) is 0 Å². The number of hydrogen-bond acceptors (Lipinski definition) is 12. The molecule has 2 rings (SSSR count). The number of likely N-dealkylation sites (N-methyl/N-ethyl adjacent to an activating group) is 2. The normalized spacial score (nSPS) is 9.11. The van der Waals surface area contributed by atoms with Crippen LogP contribution in [0.5, 0.6) is 11.5 Å². The zero-order chi connectivity index (χ0) is 35.1. The third-order valence-corrected chi connectivity index (χ3v) is 4.35. The summed E-state index contributed by atoms with van der Waals surface area (Å²) in [4.78, 5) is 32.4. The van der Waals surface area contributed by atoms with Crippen molar-refractivity contribution in [3.05, 3.63) is 122 Å². The molecule has 0 bridgehead atoms. The Morgan fingerprint density at radius 1 is 0.638 bits per heavy atom. The summed E-state index contributed by atoms with van der Waals surface area (Å²) in [5.41, 5.74) is 30.1. The molecule has 0 aliphatic heterocycles. The summed E-state index contributed by atoms with van der Waals surface area (Å²) in [6.45, 7) is 7.02. The molecule has 0 amide bonds. The summed E-state index contributed by atoms with van der Waals surface area (Å²) in [7, 11) is 8.03. The van der Waals surface area contributed by atoms with Crippen molar-refractivity contribution in [1.29, 1.82) is 0 Å². The van der Waals surface area contributed by atoms with Crippen molar-refractivity contribution in [3.8, 4) is 11.5 Å². The Kier molecular flexibility index (Phi) is 49.6. The zero-order valence-corrected chi connectivity index (χ0v) is 28.8. The van der Waals surface area contributed by atoms with Crippen molar-refractivity contribution in [2.24, 2.45) is 9.98 Å². The minimum atomic E-state index is -1.75. The fraction of sp³-hybridized carbons (Fsp3) is 0.417. The van der Waals surface area contributed by atoms with E-state index in [-0.39, 0.29) is 62.7 Å². The SMILES string of the molecule is CC(=NCCN(C)C)c1ccccc1[O-].CC(=NCCN(C)C)c1ccccc1[O-].O=[N+]([O-])[O-].O=[N+]([O-])[O-].[Cu+2].[Cu+2].[Cu+2].[N-]=[N+]=[N-].[N-]=[N+]=[N-]. The Balaban J connectivity index is -0.0000000934. The van der Waals surface area contributed by atoms with Crippen molar-refractivity contribution in [1.82, 2.24) is 9.80 Å². The Bertz CT molecular complexity index is 1130. The van der Waals surface area contributed by atoms with E-state index in [9.17, 15) is 10.2 Å². The molecule has 2 aromatic rings. The monoisotopic (exact) mass is 807 g/mol. The molecule has 23 heteroatoms. The number of hydrogen-bond donors (Lipinski definition) is 0. The summed E-state index contributed by atoms with van der Waals surface area (Å²) in [5.74, 6) is 0.0900. The second-order valence-electron chi connectivity index (χ2n) is 8.16. The molecule has 20 nitrogen and oxygen atoms in total. The Labute approximate surface area is 303 Å². The molecule has 0 N–H and O–H groups in total. The summed E-state index contributed by atoms with van der Waals surface area (Å²) in [5, 5.41) is 52.4. The van der Waals surface area contributed by atoms with E-state index in [1.165, 1.54) is 9.82 Å². The standard InChI is InChI=1S/2C12H18N2O.3Cu.2N3.2NO3/c2*1-10(13-8-9-14(2)3)11-6-4-5-7-12(11)15;;;;2*1-3-2;2*2-1(3)4/h2*4-7,15H,8-9H2,1-3H3;;;;;;;/q;;3*+2;4*-1/p-2. The largest absolute Gasteiger partial charge is 2.00 e. The van der Waals surface area contributed by atoms with Crippen molar-refractivity contribution >= 4 is 11.4 Å². The third-order valence-electron chi connectivity index (χ3n) is 4.35. The molecule has 0 heterocycles. The first-order valence-corrected chi connectivity index (χ1v) is 12.0. The molecule has 0 fully saturated rings. The average molecular weight is 809 g/mol. The van der Waals surface area contributed by atoms with Crippen LogP contribution in [-0.2, 0) is 51.2 Å². The van der Waals surface area contributed by atoms with Crippen LogP contribution in [0, 0.1) is 30.6 Å². The minimum Gasteiger partial charge on any atom is -0.872 e. The number of benzene rings is 2. The van der Waals surface area contributed by atoms with E-state index in [0.717, 1.165) is 37.6 Å². The van der Waals surface area contributed by atoms with Gasteiger partial charge in [0.2, 0.25) is 0 Å². The van der Waals surface area contributed by atoms with Gasteiger partial charge >= 0.3 is 51.2 Å². The van der Waals surface area contributed by atoms with Gasteiger partial charge < -0.3 is 72.8 Å². The van der Waals surface area contributed by atoms with Crippen LogP contribution < -0.4 is 10.2 Å². The van der Waals surface area contributed by atoms with E-state index >= 15 is 0 Å². The second-order valence-corrected chi connectivity index (χ2v) is 8.16. The Hall–Kier alpha value is -4.12. The molecule has 0 aromatic heterocycles. The molecule has 0 aliphatic carbocycles. The fourth-order valence-corrected chi connectivity index (χ4v) is 2.54. The van der Waals surface area contributed by atoms with E-state index in [0.29, 0.717) is 11.1 Å². The summed E-state index contributed by atoms with van der Waals surface area (Å²) < 4.78 is 0. The van der Waals surface area contributed by atoms with Gasteiger partial charge in [0.15, 0.2) is 0 Å². The number of rotatable bonds is 8. The Morgan fingerprint density at radius 2 is 0.851 bits per heavy atom. The second kappa shape index (κ2) is 39.9. The number of aliphatic imine (C=N–C) groups is 2. The molecule has 0 saturated carbocycles. The van der Waals surface area contributed by atoms with Crippen molar-refractivity contribution < 1.29 is 71.6 Å². The first-order chi connectivity index (χ1) is 20.5. The molecule has 3 radical (unpaired) electrons. The summed E-state index contributed by atoms with van der Waals surface area (Å²) >= 11 is 0. The van der Waals surface area contributed by atoms with E-state index < -0.39 is 10.2 Å². The smallest absolute Gasteiger partial charge is 0.872 e. The summed E-state index contributed by atoms with van der Waals surface area (Å²) in [6, 6.07) is 14.0. The van der Waals surface area contributed by atoms with Gasteiger partial charge in [-0.15, -0.1) is 0 Å². The molecule has 0 atom stereocenters. The predicted molar refractivity (Wildman–Crippen MR) is 164 cm³/mol. The van der Waals surface area contributed by atoms with Gasteiger partial charge in [-0.2, -0.15) is 0 Å². The maximum Gasteiger partial charge on any atom is 2.00 e. The van der Waals surface area contributed by atoms with Gasteiger partial charge in [-0.1, -0.05) is 60.0 Å². The molecular weight excluding hydrogens is 775 g/mol. The van der Waals surface area contributed by atoms with Crippen LogP contribution in [-0.4, -0.2) is 85.8 Å². The van der Waals surface area contributed by atoms with Crippen LogP contribution in [0.25, 0.3) is 31.9 Å². The molecule has 271 valence electrons. The van der Waals surface area contributed by atoms with E-state index in [4.69, 9.17) is 52.8 Å². The van der Waals surface area contributed by atoms with E-state index in [1.54, 1.807) is 24.3 Å². The minimum absolute atomic E-state index is 0. The zero-order valence-electron chi connectivity index (χ0n) is 26.0. The number of nitrogens with zero attached hydrogens (tertiary/aromatic N) is 12. The first-order valence-electron chi connectivity index (χ1n) is 12.0. The molecule has 47 heavy (non-hydrogen) atoms. The van der Waals surface area contributed by atoms with Crippen LogP contribution in [0.2, 0.25) is 0 Å². The quantitative estimate of drug-likeness (QED) is 0.0710. The van der Waals surface area contributed by atoms with Gasteiger partial charge in [-0.05, 0) is 53.2 Å². The Morgan fingerprint density at radius 3 is 1.04 bits per heavy atom. The van der Waals surface area contributed by atoms with Crippen molar-refractivity contribution in [2.45, 2.75) is 13.8 Å². The average Bonchev–Trinajstić information content (AvgIpc) is 2.89. The van der Waals surface area contributed by atoms with Crippen molar-refractivity contribution in [2.75, 3.05) is 54.4 Å². The van der Waals surface area contributed by atoms with Gasteiger partial charge in [0, 0.05) is 24.5 Å². The molecule has 0 saturated heterocycles. The van der Waals surface area contributed by atoms with E-state index in [1.807, 2.05) is 66.3 Å². The first kappa shape index (κ1) is 58.4. The fourth-order valence-electron chi connectivity index (χ4n) is 2.54. The van der Waals surface area contributed by atoms with Gasteiger partial charge in [-0.25, -0.2) is 0 Å². The molecular formula is C24H34Cu3N12O8. The molecule has 2 aromatic carbocycles.